The molecular formula is C17H32N2O2. The van der Waals surface area contributed by atoms with E-state index in [9.17, 15) is 4.79 Å². The summed E-state index contributed by atoms with van der Waals surface area (Å²) in [4.78, 5) is 12.2. The van der Waals surface area contributed by atoms with E-state index in [4.69, 9.17) is 5.11 Å². The molecule has 2 amide bonds. The number of hydrogen-bond donors (Lipinski definition) is 3. The molecule has 4 heteroatoms. The molecule has 122 valence electrons. The molecule has 0 spiro atoms. The predicted molar refractivity (Wildman–Crippen MR) is 87.2 cm³/mol. The first-order valence-electron chi connectivity index (χ1n) is 8.23. The number of carbonyl (C=O) groups is 1. The van der Waals surface area contributed by atoms with Gasteiger partial charge >= 0.3 is 6.03 Å². The van der Waals surface area contributed by atoms with Gasteiger partial charge in [0, 0.05) is 24.6 Å². The third kappa shape index (κ3) is 6.51. The van der Waals surface area contributed by atoms with Crippen molar-refractivity contribution in [2.24, 2.45) is 11.3 Å². The molecule has 0 saturated heterocycles. The van der Waals surface area contributed by atoms with Gasteiger partial charge in [-0.1, -0.05) is 59.1 Å². The van der Waals surface area contributed by atoms with Gasteiger partial charge in [0.2, 0.25) is 0 Å². The van der Waals surface area contributed by atoms with Crippen molar-refractivity contribution < 1.29 is 9.90 Å². The topological polar surface area (TPSA) is 61.4 Å². The predicted octanol–water partition coefficient (Wildman–Crippen LogP) is 3.22. The van der Waals surface area contributed by atoms with Crippen molar-refractivity contribution in [1.82, 2.24) is 10.6 Å². The molecule has 1 unspecified atom stereocenters. The number of rotatable bonds is 7. The number of nitrogens with one attached hydrogen (secondary N) is 2. The zero-order valence-corrected chi connectivity index (χ0v) is 14.0. The van der Waals surface area contributed by atoms with Crippen molar-refractivity contribution >= 4 is 6.03 Å². The number of aliphatic hydroxyl groups excluding tert-OH is 1. The van der Waals surface area contributed by atoms with Gasteiger partial charge in [-0.2, -0.15) is 0 Å². The number of amides is 2. The molecule has 0 aliphatic heterocycles. The summed E-state index contributed by atoms with van der Waals surface area (Å²) in [7, 11) is 0. The second-order valence-corrected chi connectivity index (χ2v) is 7.20. The van der Waals surface area contributed by atoms with Crippen LogP contribution in [-0.4, -0.2) is 29.8 Å². The summed E-state index contributed by atoms with van der Waals surface area (Å²) in [5.74, 6) is 0.179. The maximum absolute atomic E-state index is 12.2. The van der Waals surface area contributed by atoms with Crippen LogP contribution >= 0.6 is 0 Å². The number of unbranched alkanes of at least 4 members (excludes halogenated alkanes) is 2. The fourth-order valence-corrected chi connectivity index (χ4v) is 2.71. The van der Waals surface area contributed by atoms with Crippen LogP contribution in [-0.2, 0) is 0 Å². The SMILES string of the molecule is CCCCCC(NC(=O)N[C@@H]1C=C[C@H](CO)C1)C(C)(C)C. The van der Waals surface area contributed by atoms with E-state index in [0.717, 1.165) is 19.3 Å². The van der Waals surface area contributed by atoms with Crippen LogP contribution < -0.4 is 10.6 Å². The highest BCUT2D eigenvalue weighted by molar-refractivity contribution is 5.75. The van der Waals surface area contributed by atoms with E-state index < -0.39 is 0 Å². The van der Waals surface area contributed by atoms with Crippen molar-refractivity contribution in [2.75, 3.05) is 6.61 Å². The van der Waals surface area contributed by atoms with Crippen LogP contribution in [0.4, 0.5) is 4.79 Å². The molecule has 0 aromatic rings. The van der Waals surface area contributed by atoms with E-state index >= 15 is 0 Å². The Morgan fingerprint density at radius 1 is 1.33 bits per heavy atom. The molecule has 21 heavy (non-hydrogen) atoms. The lowest BCUT2D eigenvalue weighted by Crippen LogP contribution is -2.50. The Bertz CT molecular complexity index is 347. The van der Waals surface area contributed by atoms with E-state index in [-0.39, 0.29) is 36.1 Å². The maximum atomic E-state index is 12.2. The Hall–Kier alpha value is -1.03. The smallest absolute Gasteiger partial charge is 0.315 e. The van der Waals surface area contributed by atoms with Crippen LogP contribution in [0.1, 0.15) is 59.8 Å². The lowest BCUT2D eigenvalue weighted by Gasteiger charge is -2.32. The highest BCUT2D eigenvalue weighted by atomic mass is 16.3. The first kappa shape index (κ1) is 18.0. The summed E-state index contributed by atoms with van der Waals surface area (Å²) in [6, 6.07) is 0.126. The monoisotopic (exact) mass is 296 g/mol. The highest BCUT2D eigenvalue weighted by Gasteiger charge is 2.27. The Labute approximate surface area is 129 Å². The standard InChI is InChI=1S/C17H32N2O2/c1-5-6-7-8-15(17(2,3)4)19-16(21)18-14-10-9-13(11-14)12-20/h9-10,13-15,20H,5-8,11-12H2,1-4H3,(H2,18,19,21)/t13-,14+,15?/m0/s1. The van der Waals surface area contributed by atoms with Crippen molar-refractivity contribution in [2.45, 2.75) is 71.9 Å². The summed E-state index contributed by atoms with van der Waals surface area (Å²) in [5, 5.41) is 15.2. The summed E-state index contributed by atoms with van der Waals surface area (Å²) >= 11 is 0. The van der Waals surface area contributed by atoms with Crippen molar-refractivity contribution in [3.63, 3.8) is 0 Å². The molecule has 3 atom stereocenters. The molecule has 0 aromatic heterocycles. The van der Waals surface area contributed by atoms with E-state index in [2.05, 4.69) is 38.3 Å². The van der Waals surface area contributed by atoms with Crippen LogP contribution in [0.25, 0.3) is 0 Å². The third-order valence-corrected chi connectivity index (χ3v) is 4.17. The van der Waals surface area contributed by atoms with Gasteiger partial charge in [-0.15, -0.1) is 0 Å². The molecule has 0 fully saturated rings. The number of hydrogen-bond acceptors (Lipinski definition) is 2. The molecule has 0 heterocycles. The van der Waals surface area contributed by atoms with Gasteiger partial charge in [-0.05, 0) is 18.3 Å². The van der Waals surface area contributed by atoms with E-state index in [1.54, 1.807) is 0 Å². The minimum atomic E-state index is -0.0975. The second-order valence-electron chi connectivity index (χ2n) is 7.20. The lowest BCUT2D eigenvalue weighted by atomic mass is 9.83. The molecule has 0 aromatic carbocycles. The number of urea groups is 1. The van der Waals surface area contributed by atoms with Crippen LogP contribution in [0.2, 0.25) is 0 Å². The largest absolute Gasteiger partial charge is 0.396 e. The summed E-state index contributed by atoms with van der Waals surface area (Å²) in [6.07, 6.45) is 9.31. The zero-order valence-electron chi connectivity index (χ0n) is 14.0. The Morgan fingerprint density at radius 2 is 2.05 bits per heavy atom. The molecular weight excluding hydrogens is 264 g/mol. The van der Waals surface area contributed by atoms with Crippen LogP contribution in [0, 0.1) is 11.3 Å². The zero-order chi connectivity index (χ0) is 15.9. The first-order chi connectivity index (χ1) is 9.86. The molecule has 1 aliphatic carbocycles. The first-order valence-corrected chi connectivity index (χ1v) is 8.23. The molecule has 1 aliphatic rings. The quantitative estimate of drug-likeness (QED) is 0.499. The van der Waals surface area contributed by atoms with Crippen molar-refractivity contribution in [1.29, 1.82) is 0 Å². The van der Waals surface area contributed by atoms with Crippen LogP contribution in [0.3, 0.4) is 0 Å². The Morgan fingerprint density at radius 3 is 2.57 bits per heavy atom. The second kappa shape index (κ2) is 8.42. The summed E-state index contributed by atoms with van der Waals surface area (Å²) in [5.41, 5.74) is 0.0598. The Kier molecular flexibility index (Phi) is 7.23. The fourth-order valence-electron chi connectivity index (χ4n) is 2.71. The van der Waals surface area contributed by atoms with Gasteiger partial charge in [0.05, 0.1) is 0 Å². The van der Waals surface area contributed by atoms with Crippen molar-refractivity contribution in [3.05, 3.63) is 12.2 Å². The summed E-state index contributed by atoms with van der Waals surface area (Å²) in [6.45, 7) is 8.84. The van der Waals surface area contributed by atoms with Gasteiger partial charge < -0.3 is 15.7 Å². The third-order valence-electron chi connectivity index (χ3n) is 4.17. The lowest BCUT2D eigenvalue weighted by molar-refractivity contribution is 0.208. The molecule has 0 radical (unpaired) electrons. The van der Waals surface area contributed by atoms with Crippen molar-refractivity contribution in [3.8, 4) is 0 Å². The minimum Gasteiger partial charge on any atom is -0.396 e. The number of carbonyl (C=O) groups excluding carboxylic acids is 1. The van der Waals surface area contributed by atoms with Gasteiger partial charge in [0.15, 0.2) is 0 Å². The van der Waals surface area contributed by atoms with Crippen LogP contribution in [0.15, 0.2) is 12.2 Å². The molecule has 1 rings (SSSR count). The van der Waals surface area contributed by atoms with Gasteiger partial charge in [0.1, 0.15) is 0 Å². The Balaban J connectivity index is 2.43. The highest BCUT2D eigenvalue weighted by Crippen LogP contribution is 2.24. The van der Waals surface area contributed by atoms with E-state index in [1.165, 1.54) is 12.8 Å². The molecule has 0 bridgehead atoms. The average molecular weight is 296 g/mol. The van der Waals surface area contributed by atoms with Gasteiger partial charge in [-0.3, -0.25) is 0 Å². The minimum absolute atomic E-state index is 0.0402. The molecule has 4 nitrogen and oxygen atoms in total. The van der Waals surface area contributed by atoms with Gasteiger partial charge in [0.25, 0.3) is 0 Å². The summed E-state index contributed by atoms with van der Waals surface area (Å²) < 4.78 is 0. The average Bonchev–Trinajstić information content (AvgIpc) is 2.84. The van der Waals surface area contributed by atoms with E-state index in [0.29, 0.717) is 0 Å². The molecule has 0 saturated carbocycles. The van der Waals surface area contributed by atoms with Gasteiger partial charge in [-0.25, -0.2) is 4.79 Å². The number of aliphatic hydroxyl groups is 1. The normalized spacial score (nSPS) is 23.1. The van der Waals surface area contributed by atoms with E-state index in [1.807, 2.05) is 12.2 Å². The maximum Gasteiger partial charge on any atom is 0.315 e. The fraction of sp³-hybridized carbons (Fsp3) is 0.824. The van der Waals surface area contributed by atoms with Crippen LogP contribution in [0.5, 0.6) is 0 Å². The molecule has 3 N–H and O–H groups in total.